The van der Waals surface area contributed by atoms with Crippen molar-refractivity contribution >= 4 is 23.3 Å². The zero-order chi connectivity index (χ0) is 26.4. The fourth-order valence-electron chi connectivity index (χ4n) is 3.78. The normalized spacial score (nSPS) is 10.4. The van der Waals surface area contributed by atoms with Gasteiger partial charge in [-0.15, -0.1) is 0 Å². The van der Waals surface area contributed by atoms with Gasteiger partial charge < -0.3 is 20.5 Å². The topological polar surface area (TPSA) is 105 Å². The number of amides is 1. The zero-order valence-corrected chi connectivity index (χ0v) is 20.4. The van der Waals surface area contributed by atoms with E-state index in [0.29, 0.717) is 28.0 Å². The maximum Gasteiger partial charge on any atom is 0.336 e. The Labute approximate surface area is 214 Å². The summed E-state index contributed by atoms with van der Waals surface area (Å²) in [5.74, 6) is -0.274. The molecule has 0 aromatic heterocycles. The Balaban J connectivity index is 1.50. The van der Waals surface area contributed by atoms with Gasteiger partial charge in [0, 0.05) is 36.0 Å². The van der Waals surface area contributed by atoms with E-state index < -0.39 is 5.97 Å². The molecule has 0 heterocycles. The van der Waals surface area contributed by atoms with Crippen molar-refractivity contribution in [1.29, 1.82) is 0 Å². The number of carbonyl (C=O) groups excluding carboxylic acids is 2. The molecule has 0 bridgehead atoms. The molecule has 0 atom stereocenters. The predicted molar refractivity (Wildman–Crippen MR) is 142 cm³/mol. The van der Waals surface area contributed by atoms with E-state index in [2.05, 4.69) is 10.6 Å². The number of nitrogens with one attached hydrogen (secondary N) is 2. The maximum atomic E-state index is 13.1. The average Bonchev–Trinajstić information content (AvgIpc) is 2.93. The maximum absolute atomic E-state index is 13.1. The number of ketones is 1. The van der Waals surface area contributed by atoms with Crippen molar-refractivity contribution in [1.82, 2.24) is 5.32 Å². The van der Waals surface area contributed by atoms with Crippen LogP contribution in [-0.2, 0) is 6.54 Å². The summed E-state index contributed by atoms with van der Waals surface area (Å²) in [4.78, 5) is 36.9. The molecule has 4 aromatic rings. The first-order valence-electron chi connectivity index (χ1n) is 11.7. The van der Waals surface area contributed by atoms with Crippen molar-refractivity contribution in [3.8, 4) is 11.5 Å². The van der Waals surface area contributed by atoms with Crippen LogP contribution in [0.3, 0.4) is 0 Å². The first-order chi connectivity index (χ1) is 17.8. The van der Waals surface area contributed by atoms with Crippen molar-refractivity contribution in [3.63, 3.8) is 0 Å². The highest BCUT2D eigenvalue weighted by Gasteiger charge is 2.16. The summed E-state index contributed by atoms with van der Waals surface area (Å²) in [5, 5.41) is 15.4. The van der Waals surface area contributed by atoms with Crippen molar-refractivity contribution in [2.45, 2.75) is 13.5 Å². The smallest absolute Gasteiger partial charge is 0.336 e. The van der Waals surface area contributed by atoms with Gasteiger partial charge in [0.1, 0.15) is 11.5 Å². The molecule has 0 aliphatic rings. The molecule has 0 saturated carbocycles. The molecule has 4 aromatic carbocycles. The molecule has 7 heteroatoms. The summed E-state index contributed by atoms with van der Waals surface area (Å²) in [6, 6.07) is 25.9. The lowest BCUT2D eigenvalue weighted by atomic mass is 9.97. The van der Waals surface area contributed by atoms with Crippen LogP contribution >= 0.6 is 0 Å². The van der Waals surface area contributed by atoms with Gasteiger partial charge in [-0.25, -0.2) is 4.79 Å². The van der Waals surface area contributed by atoms with E-state index in [4.69, 9.17) is 4.74 Å². The summed E-state index contributed by atoms with van der Waals surface area (Å²) >= 11 is 0. The molecule has 0 radical (unpaired) electrons. The second-order valence-corrected chi connectivity index (χ2v) is 8.46. The van der Waals surface area contributed by atoms with Crippen LogP contribution in [0.25, 0.3) is 0 Å². The van der Waals surface area contributed by atoms with Crippen molar-refractivity contribution in [2.24, 2.45) is 0 Å². The molecule has 0 aliphatic heterocycles. The van der Waals surface area contributed by atoms with Crippen molar-refractivity contribution < 1.29 is 24.2 Å². The molecule has 4 rings (SSSR count). The fraction of sp³-hybridized carbons (Fsp3) is 0.100. The Morgan fingerprint density at radius 1 is 0.784 bits per heavy atom. The lowest BCUT2D eigenvalue weighted by molar-refractivity contribution is 0.0695. The minimum Gasteiger partial charge on any atom is -0.478 e. The molecule has 0 spiro atoms. The van der Waals surface area contributed by atoms with Crippen LogP contribution in [0.2, 0.25) is 0 Å². The van der Waals surface area contributed by atoms with Crippen LogP contribution in [0.4, 0.5) is 5.69 Å². The Bertz CT molecular complexity index is 1440. The van der Waals surface area contributed by atoms with Gasteiger partial charge in [0.05, 0.1) is 5.56 Å². The van der Waals surface area contributed by atoms with Gasteiger partial charge in [0.15, 0.2) is 5.78 Å². The van der Waals surface area contributed by atoms with Crippen LogP contribution in [0, 0.1) is 6.92 Å². The molecule has 186 valence electrons. The predicted octanol–water partition coefficient (Wildman–Crippen LogP) is 5.69. The highest BCUT2D eigenvalue weighted by atomic mass is 16.5. The van der Waals surface area contributed by atoms with Gasteiger partial charge in [-0.3, -0.25) is 9.59 Å². The van der Waals surface area contributed by atoms with Gasteiger partial charge in [-0.05, 0) is 73.2 Å². The Morgan fingerprint density at radius 2 is 1.41 bits per heavy atom. The minimum atomic E-state index is -1.08. The van der Waals surface area contributed by atoms with E-state index in [1.807, 2.05) is 55.5 Å². The number of hydrogen-bond acceptors (Lipinski definition) is 5. The molecule has 0 aliphatic carbocycles. The summed E-state index contributed by atoms with van der Waals surface area (Å²) < 4.78 is 5.85. The molecule has 0 unspecified atom stereocenters. The Hall–Kier alpha value is -4.91. The molecule has 1 amide bonds. The first kappa shape index (κ1) is 25.2. The summed E-state index contributed by atoms with van der Waals surface area (Å²) in [5.41, 5.74) is 3.51. The minimum absolute atomic E-state index is 0.0995. The molecular weight excluding hydrogens is 468 g/mol. The van der Waals surface area contributed by atoms with Crippen LogP contribution in [0.5, 0.6) is 11.5 Å². The first-order valence-corrected chi connectivity index (χ1v) is 11.7. The Morgan fingerprint density at radius 3 is 2.05 bits per heavy atom. The third-order valence-corrected chi connectivity index (χ3v) is 5.81. The number of hydrogen-bond donors (Lipinski definition) is 3. The molecule has 0 fully saturated rings. The van der Waals surface area contributed by atoms with Gasteiger partial charge in [0.25, 0.3) is 5.91 Å². The largest absolute Gasteiger partial charge is 0.478 e. The standard InChI is InChI=1S/C30H26N2O5/c1-19-6-11-25(12-7-19)37-26-13-9-24(10-14-26)32-18-23-17-21(8-15-27(23)30(35)36)28(33)20-4-3-5-22(16-20)29(34)31-2/h3-17,32H,18H2,1-2H3,(H,31,34)(H,35,36). The number of aromatic carboxylic acids is 1. The second-order valence-electron chi connectivity index (χ2n) is 8.46. The number of carbonyl (C=O) groups is 3. The van der Waals surface area contributed by atoms with E-state index in [9.17, 15) is 19.5 Å². The van der Waals surface area contributed by atoms with Crippen LogP contribution in [0.1, 0.15) is 47.8 Å². The highest BCUT2D eigenvalue weighted by molar-refractivity contribution is 6.10. The number of ether oxygens (including phenoxy) is 1. The summed E-state index contributed by atoms with van der Waals surface area (Å²) in [6.45, 7) is 2.20. The third-order valence-electron chi connectivity index (χ3n) is 5.81. The monoisotopic (exact) mass is 494 g/mol. The molecule has 0 saturated heterocycles. The lowest BCUT2D eigenvalue weighted by Gasteiger charge is -2.12. The fourth-order valence-corrected chi connectivity index (χ4v) is 3.78. The zero-order valence-electron chi connectivity index (χ0n) is 20.4. The van der Waals surface area contributed by atoms with E-state index in [-0.39, 0.29) is 23.8 Å². The van der Waals surface area contributed by atoms with Gasteiger partial charge in [-0.2, -0.15) is 0 Å². The van der Waals surface area contributed by atoms with E-state index >= 15 is 0 Å². The average molecular weight is 495 g/mol. The van der Waals surface area contributed by atoms with Crippen LogP contribution in [-0.4, -0.2) is 29.8 Å². The van der Waals surface area contributed by atoms with Gasteiger partial charge in [0.2, 0.25) is 0 Å². The SMILES string of the molecule is CNC(=O)c1cccc(C(=O)c2ccc(C(=O)O)c(CNc3ccc(Oc4ccc(C)cc4)cc3)c2)c1. The second kappa shape index (κ2) is 11.2. The van der Waals surface area contributed by atoms with Crippen molar-refractivity contribution in [2.75, 3.05) is 12.4 Å². The highest BCUT2D eigenvalue weighted by Crippen LogP contribution is 2.24. The van der Waals surface area contributed by atoms with E-state index in [1.54, 1.807) is 24.3 Å². The number of carboxylic acids is 1. The van der Waals surface area contributed by atoms with Crippen LogP contribution in [0.15, 0.2) is 91.0 Å². The Kier molecular flexibility index (Phi) is 7.64. The molecule has 37 heavy (non-hydrogen) atoms. The third kappa shape index (κ3) is 6.21. The summed E-state index contributed by atoms with van der Waals surface area (Å²) in [7, 11) is 1.52. The lowest BCUT2D eigenvalue weighted by Crippen LogP contribution is -2.18. The quantitative estimate of drug-likeness (QED) is 0.258. The molecule has 3 N–H and O–H groups in total. The number of rotatable bonds is 9. The van der Waals surface area contributed by atoms with Gasteiger partial charge >= 0.3 is 5.97 Å². The van der Waals surface area contributed by atoms with Crippen LogP contribution < -0.4 is 15.4 Å². The summed E-state index contributed by atoms with van der Waals surface area (Å²) in [6.07, 6.45) is 0. The number of carboxylic acid groups (broad SMARTS) is 1. The number of benzene rings is 4. The molecular formula is C30H26N2O5. The molecule has 7 nitrogen and oxygen atoms in total. The number of anilines is 1. The number of aryl methyl sites for hydroxylation is 1. The van der Waals surface area contributed by atoms with Crippen molar-refractivity contribution in [3.05, 3.63) is 124 Å². The van der Waals surface area contributed by atoms with Gasteiger partial charge in [-0.1, -0.05) is 35.9 Å². The van der Waals surface area contributed by atoms with E-state index in [1.165, 1.54) is 25.2 Å². The van der Waals surface area contributed by atoms with E-state index in [0.717, 1.165) is 17.0 Å².